The highest BCUT2D eigenvalue weighted by Gasteiger charge is 2.30. The molecule has 0 amide bonds. The highest BCUT2D eigenvalue weighted by Crippen LogP contribution is 2.28. The second-order valence-electron chi connectivity index (χ2n) is 4.63. The van der Waals surface area contributed by atoms with Crippen LogP contribution >= 0.6 is 0 Å². The molecule has 1 aliphatic heterocycles. The molecule has 0 saturated heterocycles. The van der Waals surface area contributed by atoms with Crippen molar-refractivity contribution in [1.82, 2.24) is 4.90 Å². The van der Waals surface area contributed by atoms with E-state index in [1.807, 2.05) is 29.2 Å². The number of hydrogen-bond donors (Lipinski definition) is 2. The number of nitrogens with zero attached hydrogens (tertiary/aromatic N) is 1. The van der Waals surface area contributed by atoms with Gasteiger partial charge in [0.1, 0.15) is 0 Å². The fraction of sp³-hybridized carbons (Fsp3) is 0.462. The highest BCUT2D eigenvalue weighted by atomic mass is 16.4. The summed E-state index contributed by atoms with van der Waals surface area (Å²) >= 11 is 0. The average Bonchev–Trinajstić information content (AvgIpc) is 2.27. The lowest BCUT2D eigenvalue weighted by molar-refractivity contribution is -0.139. The molecule has 0 aromatic heterocycles. The highest BCUT2D eigenvalue weighted by molar-refractivity contribution is 5.77. The summed E-state index contributed by atoms with van der Waals surface area (Å²) in [5, 5.41) is 18.6. The zero-order valence-corrected chi connectivity index (χ0v) is 9.84. The molecule has 17 heavy (non-hydrogen) atoms. The minimum absolute atomic E-state index is 0.435. The summed E-state index contributed by atoms with van der Waals surface area (Å²) in [6.45, 7) is 3.41. The third-order valence-electron chi connectivity index (χ3n) is 3.09. The smallest absolute Gasteiger partial charge is 0.312 e. The number of hydrogen-bond acceptors (Lipinski definition) is 3. The van der Waals surface area contributed by atoms with Crippen molar-refractivity contribution in [2.45, 2.75) is 25.5 Å². The molecule has 0 spiro atoms. The quantitative estimate of drug-likeness (QED) is 0.822. The van der Waals surface area contributed by atoms with Gasteiger partial charge in [0.25, 0.3) is 0 Å². The lowest BCUT2D eigenvalue weighted by atomic mass is 9.90. The molecule has 4 nitrogen and oxygen atoms in total. The second kappa shape index (κ2) is 4.85. The van der Waals surface area contributed by atoms with Gasteiger partial charge < -0.3 is 10.2 Å². The molecule has 1 aromatic rings. The molecule has 0 fully saturated rings. The first-order valence-corrected chi connectivity index (χ1v) is 5.79. The van der Waals surface area contributed by atoms with Crippen LogP contribution in [0.3, 0.4) is 0 Å². The predicted octanol–water partition coefficient (Wildman–Crippen LogP) is 1.05. The lowest BCUT2D eigenvalue weighted by Crippen LogP contribution is -2.40. The van der Waals surface area contributed by atoms with Crippen molar-refractivity contribution in [3.05, 3.63) is 35.4 Å². The van der Waals surface area contributed by atoms with Gasteiger partial charge >= 0.3 is 5.97 Å². The molecule has 2 rings (SSSR count). The number of fused-ring (bicyclic) bond motifs is 1. The third kappa shape index (κ3) is 2.65. The van der Waals surface area contributed by atoms with Crippen LogP contribution in [-0.2, 0) is 11.3 Å². The van der Waals surface area contributed by atoms with E-state index >= 15 is 0 Å². The number of carboxylic acids is 1. The van der Waals surface area contributed by atoms with E-state index < -0.39 is 18.0 Å². The van der Waals surface area contributed by atoms with E-state index in [2.05, 4.69) is 0 Å². The molecule has 2 unspecified atom stereocenters. The number of carboxylic acid groups (broad SMARTS) is 1. The Morgan fingerprint density at radius 2 is 2.24 bits per heavy atom. The van der Waals surface area contributed by atoms with Gasteiger partial charge in [-0.05, 0) is 18.1 Å². The van der Waals surface area contributed by atoms with Gasteiger partial charge in [-0.1, -0.05) is 24.3 Å². The Labute approximate surface area is 100 Å². The molecule has 1 aromatic carbocycles. The van der Waals surface area contributed by atoms with Crippen molar-refractivity contribution < 1.29 is 15.0 Å². The van der Waals surface area contributed by atoms with Crippen molar-refractivity contribution in [3.8, 4) is 0 Å². The van der Waals surface area contributed by atoms with E-state index in [0.29, 0.717) is 19.6 Å². The SMILES string of the molecule is CC(O)CN1Cc2ccccc2C(C(=O)O)C1. The van der Waals surface area contributed by atoms with Gasteiger partial charge in [-0.25, -0.2) is 0 Å². The van der Waals surface area contributed by atoms with Crippen LogP contribution in [0.1, 0.15) is 24.0 Å². The Kier molecular flexibility index (Phi) is 3.45. The lowest BCUT2D eigenvalue weighted by Gasteiger charge is -2.33. The Morgan fingerprint density at radius 3 is 2.88 bits per heavy atom. The summed E-state index contributed by atoms with van der Waals surface area (Å²) in [4.78, 5) is 13.3. The number of benzene rings is 1. The Morgan fingerprint density at radius 1 is 1.53 bits per heavy atom. The van der Waals surface area contributed by atoms with Crippen molar-refractivity contribution in [2.24, 2.45) is 0 Å². The number of β-amino-alcohol motifs (C(OH)–C–C–N with tert-alkyl or cyclic N) is 1. The van der Waals surface area contributed by atoms with Crippen LogP contribution in [0.15, 0.2) is 24.3 Å². The van der Waals surface area contributed by atoms with E-state index in [9.17, 15) is 15.0 Å². The maximum Gasteiger partial charge on any atom is 0.312 e. The van der Waals surface area contributed by atoms with Crippen LogP contribution in [0.25, 0.3) is 0 Å². The molecular formula is C13H17NO3. The fourth-order valence-electron chi connectivity index (χ4n) is 2.40. The molecule has 92 valence electrons. The number of aliphatic hydroxyl groups excluding tert-OH is 1. The standard InChI is InChI=1S/C13H17NO3/c1-9(15)6-14-7-10-4-2-3-5-11(10)12(8-14)13(16)17/h2-5,9,12,15H,6-8H2,1H3,(H,16,17). The summed E-state index contributed by atoms with van der Waals surface area (Å²) < 4.78 is 0. The summed E-state index contributed by atoms with van der Waals surface area (Å²) in [7, 11) is 0. The van der Waals surface area contributed by atoms with Crippen LogP contribution < -0.4 is 0 Å². The largest absolute Gasteiger partial charge is 0.481 e. The van der Waals surface area contributed by atoms with E-state index in [4.69, 9.17) is 0 Å². The van der Waals surface area contributed by atoms with Gasteiger partial charge in [0.2, 0.25) is 0 Å². The van der Waals surface area contributed by atoms with Crippen LogP contribution in [0.2, 0.25) is 0 Å². The molecule has 0 saturated carbocycles. The fourth-order valence-corrected chi connectivity index (χ4v) is 2.40. The van der Waals surface area contributed by atoms with Crippen LogP contribution in [0.5, 0.6) is 0 Å². The summed E-state index contributed by atoms with van der Waals surface area (Å²) in [6.07, 6.45) is -0.435. The number of aliphatic hydroxyl groups is 1. The summed E-state index contributed by atoms with van der Waals surface area (Å²) in [6, 6.07) is 7.63. The van der Waals surface area contributed by atoms with Gasteiger partial charge in [0, 0.05) is 19.6 Å². The first-order chi connectivity index (χ1) is 8.08. The zero-order chi connectivity index (χ0) is 12.4. The van der Waals surface area contributed by atoms with E-state index in [1.165, 1.54) is 0 Å². The third-order valence-corrected chi connectivity index (χ3v) is 3.09. The molecule has 2 atom stereocenters. The minimum atomic E-state index is -0.798. The molecule has 0 bridgehead atoms. The minimum Gasteiger partial charge on any atom is -0.481 e. The molecule has 2 N–H and O–H groups in total. The summed E-state index contributed by atoms with van der Waals surface area (Å²) in [5.74, 6) is -1.29. The predicted molar refractivity (Wildman–Crippen MR) is 63.8 cm³/mol. The average molecular weight is 235 g/mol. The Balaban J connectivity index is 2.26. The van der Waals surface area contributed by atoms with Gasteiger partial charge in [-0.3, -0.25) is 9.69 Å². The Bertz CT molecular complexity index is 417. The van der Waals surface area contributed by atoms with E-state index in [0.717, 1.165) is 11.1 Å². The molecule has 1 aliphatic rings. The first-order valence-electron chi connectivity index (χ1n) is 5.79. The van der Waals surface area contributed by atoms with Gasteiger partial charge in [0.05, 0.1) is 12.0 Å². The topological polar surface area (TPSA) is 60.8 Å². The van der Waals surface area contributed by atoms with E-state index in [1.54, 1.807) is 6.92 Å². The van der Waals surface area contributed by atoms with Crippen LogP contribution in [-0.4, -0.2) is 40.3 Å². The second-order valence-corrected chi connectivity index (χ2v) is 4.63. The Hall–Kier alpha value is -1.39. The van der Waals surface area contributed by atoms with Crippen LogP contribution in [0.4, 0.5) is 0 Å². The van der Waals surface area contributed by atoms with Crippen molar-refractivity contribution in [3.63, 3.8) is 0 Å². The molecule has 1 heterocycles. The first kappa shape index (κ1) is 12.1. The van der Waals surface area contributed by atoms with E-state index in [-0.39, 0.29) is 0 Å². The molecular weight excluding hydrogens is 218 g/mol. The molecule has 0 radical (unpaired) electrons. The molecule has 0 aliphatic carbocycles. The van der Waals surface area contributed by atoms with Gasteiger partial charge in [-0.15, -0.1) is 0 Å². The van der Waals surface area contributed by atoms with Crippen LogP contribution in [0, 0.1) is 0 Å². The van der Waals surface area contributed by atoms with Crippen molar-refractivity contribution in [2.75, 3.05) is 13.1 Å². The zero-order valence-electron chi connectivity index (χ0n) is 9.84. The number of rotatable bonds is 3. The normalized spacial score (nSPS) is 21.9. The number of carbonyl (C=O) groups is 1. The van der Waals surface area contributed by atoms with Crippen molar-refractivity contribution in [1.29, 1.82) is 0 Å². The molecule has 4 heteroatoms. The number of aliphatic carboxylic acids is 1. The monoisotopic (exact) mass is 235 g/mol. The maximum atomic E-state index is 11.3. The van der Waals surface area contributed by atoms with Gasteiger partial charge in [-0.2, -0.15) is 0 Å². The maximum absolute atomic E-state index is 11.3. The summed E-state index contributed by atoms with van der Waals surface area (Å²) in [5.41, 5.74) is 1.95. The van der Waals surface area contributed by atoms with Crippen molar-refractivity contribution >= 4 is 5.97 Å². The van der Waals surface area contributed by atoms with Gasteiger partial charge in [0.15, 0.2) is 0 Å².